The molecule has 4 aromatic rings. The Morgan fingerprint density at radius 3 is 2.05 bits per heavy atom. The largest absolute Gasteiger partial charge is 0.493 e. The van der Waals surface area contributed by atoms with Crippen molar-refractivity contribution >= 4 is 22.7 Å². The number of carboxylic acids is 1. The van der Waals surface area contributed by atoms with Crippen molar-refractivity contribution in [3.8, 4) is 28.3 Å². The minimum atomic E-state index is -0.804. The number of hydrogen-bond acceptors (Lipinski definition) is 5. The maximum absolute atomic E-state index is 11.1. The maximum atomic E-state index is 11.1. The van der Waals surface area contributed by atoms with Crippen LogP contribution in [-0.4, -0.2) is 65.8 Å². The molecule has 0 aliphatic carbocycles. The van der Waals surface area contributed by atoms with E-state index >= 15 is 0 Å². The molecule has 228 valence electrons. The van der Waals surface area contributed by atoms with Gasteiger partial charge in [0.2, 0.25) is 0 Å². The molecule has 2 heterocycles. The normalized spacial score (nSPS) is 14.8. The number of carboxylic acid groups (broad SMARTS) is 1. The molecule has 7 nitrogen and oxygen atoms in total. The molecule has 43 heavy (non-hydrogen) atoms. The molecule has 1 saturated heterocycles. The smallest absolute Gasteiger partial charge is 0.303 e. The molecule has 1 aromatic heterocycles. The number of piperazine rings is 1. The predicted molar refractivity (Wildman–Crippen MR) is 176 cm³/mol. The fraction of sp³-hybridized carbons (Fsp3) is 0.444. The van der Waals surface area contributed by atoms with E-state index in [9.17, 15) is 4.79 Å². The van der Waals surface area contributed by atoms with E-state index in [1.165, 1.54) is 11.3 Å². The molecular formula is C36H46N4O3. The van der Waals surface area contributed by atoms with Gasteiger partial charge in [-0.15, -0.1) is 0 Å². The zero-order chi connectivity index (χ0) is 30.9. The average Bonchev–Trinajstić information content (AvgIpc) is 3.38. The fourth-order valence-electron chi connectivity index (χ4n) is 5.69. The van der Waals surface area contributed by atoms with Crippen LogP contribution in [0.1, 0.15) is 65.5 Å². The molecule has 7 heteroatoms. The minimum Gasteiger partial charge on any atom is -0.493 e. The lowest BCUT2D eigenvalue weighted by molar-refractivity contribution is -0.137. The van der Waals surface area contributed by atoms with Crippen LogP contribution in [-0.2, 0) is 15.6 Å². The number of aliphatic carboxylic acids is 1. The SMILES string of the molecule is CN1CCN(c2ccc(-c3ccc4nc(-c5cc(C(C)(C)C)c(OCCCC(=O)O)c(C(C)(C)C)c5)[nH]c4c3)cc2)CC1. The third kappa shape index (κ3) is 7.04. The highest BCUT2D eigenvalue weighted by Crippen LogP contribution is 2.43. The van der Waals surface area contributed by atoms with Gasteiger partial charge in [-0.05, 0) is 71.8 Å². The number of imidazole rings is 1. The standard InChI is InChI=1S/C36H46N4O3/c1-35(2,3)28-21-26(22-29(36(4,5)6)33(28)43-20-8-9-32(41)42)34-37-30-15-12-25(23-31(30)38-34)24-10-13-27(14-11-24)40-18-16-39(7)17-19-40/h10-15,21-23H,8-9,16-20H2,1-7H3,(H,37,38)(H,41,42). The maximum Gasteiger partial charge on any atom is 0.303 e. The number of anilines is 1. The van der Waals surface area contributed by atoms with Gasteiger partial charge in [-0.1, -0.05) is 59.7 Å². The van der Waals surface area contributed by atoms with Crippen LogP contribution < -0.4 is 9.64 Å². The summed E-state index contributed by atoms with van der Waals surface area (Å²) in [6.45, 7) is 17.8. The van der Waals surface area contributed by atoms with Crippen LogP contribution >= 0.6 is 0 Å². The van der Waals surface area contributed by atoms with Crippen molar-refractivity contribution in [3.63, 3.8) is 0 Å². The first kappa shape index (κ1) is 30.6. The van der Waals surface area contributed by atoms with Gasteiger partial charge >= 0.3 is 5.97 Å². The lowest BCUT2D eigenvalue weighted by Crippen LogP contribution is -2.44. The van der Waals surface area contributed by atoms with Gasteiger partial charge in [0.1, 0.15) is 11.6 Å². The second-order valence-corrected chi connectivity index (χ2v) is 13.9. The number of ether oxygens (including phenoxy) is 1. The number of hydrogen-bond donors (Lipinski definition) is 2. The van der Waals surface area contributed by atoms with Crippen LogP contribution in [0.3, 0.4) is 0 Å². The van der Waals surface area contributed by atoms with Crippen LogP contribution in [0.5, 0.6) is 5.75 Å². The first-order chi connectivity index (χ1) is 20.3. The van der Waals surface area contributed by atoms with Crippen molar-refractivity contribution in [1.82, 2.24) is 14.9 Å². The summed E-state index contributed by atoms with van der Waals surface area (Å²) in [6.07, 6.45) is 0.559. The zero-order valence-electron chi connectivity index (χ0n) is 26.8. The van der Waals surface area contributed by atoms with Gasteiger partial charge in [0.15, 0.2) is 0 Å². The fourth-order valence-corrected chi connectivity index (χ4v) is 5.69. The van der Waals surface area contributed by atoms with E-state index in [2.05, 4.69) is 118 Å². The van der Waals surface area contributed by atoms with E-state index in [-0.39, 0.29) is 17.3 Å². The second-order valence-electron chi connectivity index (χ2n) is 13.9. The Labute approximate surface area is 255 Å². The number of fused-ring (bicyclic) bond motifs is 1. The van der Waals surface area contributed by atoms with Gasteiger partial charge in [0.05, 0.1) is 17.6 Å². The number of nitrogens with one attached hydrogen (secondary N) is 1. The first-order valence-electron chi connectivity index (χ1n) is 15.4. The van der Waals surface area contributed by atoms with Gasteiger partial charge in [0, 0.05) is 55.0 Å². The second kappa shape index (κ2) is 12.0. The van der Waals surface area contributed by atoms with E-state index in [0.717, 1.165) is 71.0 Å². The van der Waals surface area contributed by atoms with Crippen molar-refractivity contribution in [2.75, 3.05) is 44.7 Å². The Morgan fingerprint density at radius 1 is 0.860 bits per heavy atom. The van der Waals surface area contributed by atoms with E-state index in [4.69, 9.17) is 14.8 Å². The lowest BCUT2D eigenvalue weighted by atomic mass is 9.78. The van der Waals surface area contributed by atoms with E-state index in [1.54, 1.807) is 0 Å². The van der Waals surface area contributed by atoms with Crippen LogP contribution in [0.15, 0.2) is 54.6 Å². The summed E-state index contributed by atoms with van der Waals surface area (Å²) in [7, 11) is 2.18. The lowest BCUT2D eigenvalue weighted by Gasteiger charge is -2.34. The number of rotatable bonds is 8. The minimum absolute atomic E-state index is 0.0924. The molecule has 2 N–H and O–H groups in total. The summed E-state index contributed by atoms with van der Waals surface area (Å²) in [5.74, 6) is 0.875. The van der Waals surface area contributed by atoms with E-state index in [0.29, 0.717) is 13.0 Å². The zero-order valence-corrected chi connectivity index (χ0v) is 26.8. The summed E-state index contributed by atoms with van der Waals surface area (Å²) in [6, 6.07) is 19.7. The molecule has 0 bridgehead atoms. The van der Waals surface area contributed by atoms with Crippen molar-refractivity contribution in [1.29, 1.82) is 0 Å². The highest BCUT2D eigenvalue weighted by Gasteiger charge is 2.29. The molecule has 5 rings (SSSR count). The number of likely N-dealkylation sites (N-methyl/N-ethyl adjacent to an activating group) is 1. The van der Waals surface area contributed by atoms with Gasteiger partial charge < -0.3 is 24.6 Å². The van der Waals surface area contributed by atoms with Crippen molar-refractivity contribution < 1.29 is 14.6 Å². The summed E-state index contributed by atoms with van der Waals surface area (Å²) >= 11 is 0. The van der Waals surface area contributed by atoms with E-state index in [1.807, 2.05) is 0 Å². The van der Waals surface area contributed by atoms with Gasteiger partial charge in [0.25, 0.3) is 0 Å². The Morgan fingerprint density at radius 2 is 1.47 bits per heavy atom. The Balaban J connectivity index is 1.47. The first-order valence-corrected chi connectivity index (χ1v) is 15.4. The highest BCUT2D eigenvalue weighted by molar-refractivity contribution is 5.85. The third-order valence-corrected chi connectivity index (χ3v) is 8.31. The van der Waals surface area contributed by atoms with Crippen LogP contribution in [0, 0.1) is 0 Å². The molecule has 0 saturated carbocycles. The van der Waals surface area contributed by atoms with Crippen molar-refractivity contribution in [2.24, 2.45) is 0 Å². The number of H-pyrrole nitrogens is 1. The Bertz CT molecular complexity index is 1550. The topological polar surface area (TPSA) is 81.7 Å². The van der Waals surface area contributed by atoms with Gasteiger partial charge in [-0.3, -0.25) is 4.79 Å². The molecule has 0 radical (unpaired) electrons. The summed E-state index contributed by atoms with van der Waals surface area (Å²) in [5.41, 5.74) is 8.37. The number of carbonyl (C=O) groups is 1. The van der Waals surface area contributed by atoms with E-state index < -0.39 is 5.97 Å². The molecule has 1 fully saturated rings. The number of nitrogens with zero attached hydrogens (tertiary/aromatic N) is 3. The van der Waals surface area contributed by atoms with Crippen LogP contribution in [0.4, 0.5) is 5.69 Å². The molecule has 3 aromatic carbocycles. The highest BCUT2D eigenvalue weighted by atomic mass is 16.5. The molecule has 0 unspecified atom stereocenters. The molecule has 0 spiro atoms. The summed E-state index contributed by atoms with van der Waals surface area (Å²) < 4.78 is 6.34. The molecular weight excluding hydrogens is 536 g/mol. The average molecular weight is 583 g/mol. The van der Waals surface area contributed by atoms with Crippen molar-refractivity contribution in [3.05, 3.63) is 65.7 Å². The summed E-state index contributed by atoms with van der Waals surface area (Å²) in [4.78, 5) is 24.5. The van der Waals surface area contributed by atoms with Crippen LogP contribution in [0.2, 0.25) is 0 Å². The van der Waals surface area contributed by atoms with Crippen LogP contribution in [0.25, 0.3) is 33.5 Å². The third-order valence-electron chi connectivity index (χ3n) is 8.31. The van der Waals surface area contributed by atoms with Crippen molar-refractivity contribution in [2.45, 2.75) is 65.2 Å². The van der Waals surface area contributed by atoms with Gasteiger partial charge in [-0.2, -0.15) is 0 Å². The number of aromatic nitrogens is 2. The monoisotopic (exact) mass is 582 g/mol. The quantitative estimate of drug-likeness (QED) is 0.210. The Hall–Kier alpha value is -3.84. The number of aromatic amines is 1. The molecule has 1 aliphatic rings. The molecule has 1 aliphatic heterocycles. The summed E-state index contributed by atoms with van der Waals surface area (Å²) in [5, 5.41) is 9.08. The number of benzene rings is 3. The molecule has 0 atom stereocenters. The molecule has 0 amide bonds. The Kier molecular flexibility index (Phi) is 8.57. The van der Waals surface area contributed by atoms with Gasteiger partial charge in [-0.25, -0.2) is 4.98 Å². The predicted octanol–water partition coefficient (Wildman–Crippen LogP) is 7.49.